The summed E-state index contributed by atoms with van der Waals surface area (Å²) in [7, 11) is 0. The van der Waals surface area contributed by atoms with Crippen LogP contribution >= 0.6 is 0 Å². The summed E-state index contributed by atoms with van der Waals surface area (Å²) in [5.74, 6) is 1.51. The van der Waals surface area contributed by atoms with Crippen LogP contribution in [0, 0.1) is 6.92 Å². The molecule has 0 amide bonds. The molecule has 0 unspecified atom stereocenters. The highest BCUT2D eigenvalue weighted by Gasteiger charge is 2.08. The molecule has 90 valence electrons. The Labute approximate surface area is 103 Å². The number of hydrogen-bond acceptors (Lipinski definition) is 2. The summed E-state index contributed by atoms with van der Waals surface area (Å²) in [6.07, 6.45) is 0. The molecule has 2 nitrogen and oxygen atoms in total. The second-order valence-electron chi connectivity index (χ2n) is 4.76. The molecule has 1 aromatic heterocycles. The second kappa shape index (κ2) is 4.74. The van der Waals surface area contributed by atoms with Crippen LogP contribution in [0.3, 0.4) is 0 Å². The number of para-hydroxylation sites is 1. The molecule has 0 aliphatic rings. The van der Waals surface area contributed by atoms with Crippen molar-refractivity contribution in [1.29, 1.82) is 0 Å². The van der Waals surface area contributed by atoms with Crippen molar-refractivity contribution in [2.75, 3.05) is 11.9 Å². The Morgan fingerprint density at radius 1 is 1.29 bits per heavy atom. The largest absolute Gasteiger partial charge is 0.370 e. The Morgan fingerprint density at radius 3 is 2.71 bits per heavy atom. The summed E-state index contributed by atoms with van der Waals surface area (Å²) in [5, 5.41) is 4.55. The summed E-state index contributed by atoms with van der Waals surface area (Å²) in [6, 6.07) is 8.64. The Bertz CT molecular complexity index is 530. The number of hydrogen-bond donors (Lipinski definition) is 1. The average molecular weight is 228 g/mol. The molecule has 2 rings (SSSR count). The molecular weight excluding hydrogens is 208 g/mol. The van der Waals surface area contributed by atoms with Gasteiger partial charge in [-0.15, -0.1) is 0 Å². The Morgan fingerprint density at radius 2 is 2.06 bits per heavy atom. The molecular formula is C15H20N2. The third kappa shape index (κ3) is 2.26. The molecule has 0 saturated carbocycles. The lowest BCUT2D eigenvalue weighted by Gasteiger charge is -2.13. The van der Waals surface area contributed by atoms with Crippen LogP contribution in [0.4, 0.5) is 5.82 Å². The van der Waals surface area contributed by atoms with E-state index in [1.807, 2.05) is 0 Å². The van der Waals surface area contributed by atoms with Gasteiger partial charge in [-0.25, -0.2) is 4.98 Å². The van der Waals surface area contributed by atoms with Crippen LogP contribution in [0.2, 0.25) is 0 Å². The summed E-state index contributed by atoms with van der Waals surface area (Å²) in [4.78, 5) is 4.77. The third-order valence-corrected chi connectivity index (χ3v) is 3.03. The van der Waals surface area contributed by atoms with Gasteiger partial charge >= 0.3 is 0 Å². The number of anilines is 1. The lowest BCUT2D eigenvalue weighted by molar-refractivity contribution is 0.872. The zero-order valence-corrected chi connectivity index (χ0v) is 11.0. The normalized spacial score (nSPS) is 11.1. The SMILES string of the molecule is CCNc1nc2c(C(C)C)cccc2cc1C. The van der Waals surface area contributed by atoms with Crippen molar-refractivity contribution >= 4 is 16.7 Å². The zero-order valence-electron chi connectivity index (χ0n) is 11.0. The smallest absolute Gasteiger partial charge is 0.129 e. The van der Waals surface area contributed by atoms with E-state index in [0.29, 0.717) is 5.92 Å². The highest BCUT2D eigenvalue weighted by Crippen LogP contribution is 2.26. The third-order valence-electron chi connectivity index (χ3n) is 3.03. The van der Waals surface area contributed by atoms with Gasteiger partial charge in [0.15, 0.2) is 0 Å². The summed E-state index contributed by atoms with van der Waals surface area (Å²) in [6.45, 7) is 9.53. The van der Waals surface area contributed by atoms with Gasteiger partial charge in [0.2, 0.25) is 0 Å². The monoisotopic (exact) mass is 228 g/mol. The van der Waals surface area contributed by atoms with Gasteiger partial charge in [-0.3, -0.25) is 0 Å². The van der Waals surface area contributed by atoms with E-state index < -0.39 is 0 Å². The van der Waals surface area contributed by atoms with E-state index in [9.17, 15) is 0 Å². The van der Waals surface area contributed by atoms with Crippen LogP contribution in [0.15, 0.2) is 24.3 Å². The van der Waals surface area contributed by atoms with Gasteiger partial charge in [0.25, 0.3) is 0 Å². The Balaban J connectivity index is 2.67. The molecule has 2 heteroatoms. The van der Waals surface area contributed by atoms with Crippen LogP contribution in [-0.2, 0) is 0 Å². The minimum Gasteiger partial charge on any atom is -0.370 e. The molecule has 0 aliphatic carbocycles. The number of nitrogens with zero attached hydrogens (tertiary/aromatic N) is 1. The van der Waals surface area contributed by atoms with Gasteiger partial charge in [-0.05, 0) is 37.0 Å². The van der Waals surface area contributed by atoms with Crippen molar-refractivity contribution in [2.45, 2.75) is 33.6 Å². The van der Waals surface area contributed by atoms with Gasteiger partial charge in [0.1, 0.15) is 5.82 Å². The Hall–Kier alpha value is -1.57. The molecule has 1 N–H and O–H groups in total. The van der Waals surface area contributed by atoms with E-state index in [0.717, 1.165) is 17.9 Å². The van der Waals surface area contributed by atoms with Crippen LogP contribution in [0.25, 0.3) is 10.9 Å². The van der Waals surface area contributed by atoms with Gasteiger partial charge in [0.05, 0.1) is 5.52 Å². The quantitative estimate of drug-likeness (QED) is 0.855. The van der Waals surface area contributed by atoms with Gasteiger partial charge in [0, 0.05) is 11.9 Å². The first-order valence-electron chi connectivity index (χ1n) is 6.27. The van der Waals surface area contributed by atoms with Gasteiger partial charge < -0.3 is 5.32 Å². The first-order valence-corrected chi connectivity index (χ1v) is 6.27. The number of aromatic nitrogens is 1. The zero-order chi connectivity index (χ0) is 12.4. The number of pyridine rings is 1. The average Bonchev–Trinajstić information content (AvgIpc) is 2.29. The predicted molar refractivity (Wildman–Crippen MR) is 74.7 cm³/mol. The first kappa shape index (κ1) is 11.9. The van der Waals surface area contributed by atoms with Crippen molar-refractivity contribution in [1.82, 2.24) is 4.98 Å². The molecule has 1 heterocycles. The van der Waals surface area contributed by atoms with Crippen molar-refractivity contribution < 1.29 is 0 Å². The molecule has 0 saturated heterocycles. The van der Waals surface area contributed by atoms with Gasteiger partial charge in [-0.1, -0.05) is 32.0 Å². The van der Waals surface area contributed by atoms with Crippen LogP contribution in [0.1, 0.15) is 37.8 Å². The fourth-order valence-corrected chi connectivity index (χ4v) is 2.14. The van der Waals surface area contributed by atoms with Crippen molar-refractivity contribution in [2.24, 2.45) is 0 Å². The number of rotatable bonds is 3. The first-order chi connectivity index (χ1) is 8.13. The van der Waals surface area contributed by atoms with Crippen LogP contribution < -0.4 is 5.32 Å². The van der Waals surface area contributed by atoms with Gasteiger partial charge in [-0.2, -0.15) is 0 Å². The molecule has 0 fully saturated rings. The van der Waals surface area contributed by atoms with E-state index in [-0.39, 0.29) is 0 Å². The summed E-state index contributed by atoms with van der Waals surface area (Å²) >= 11 is 0. The number of aryl methyl sites for hydroxylation is 1. The molecule has 1 aromatic carbocycles. The molecule has 0 spiro atoms. The fraction of sp³-hybridized carbons (Fsp3) is 0.400. The fourth-order valence-electron chi connectivity index (χ4n) is 2.14. The summed E-state index contributed by atoms with van der Waals surface area (Å²) < 4.78 is 0. The number of benzene rings is 1. The molecule has 17 heavy (non-hydrogen) atoms. The lowest BCUT2D eigenvalue weighted by Crippen LogP contribution is -2.03. The van der Waals surface area contributed by atoms with Crippen molar-refractivity contribution in [3.63, 3.8) is 0 Å². The molecule has 0 aliphatic heterocycles. The number of nitrogens with one attached hydrogen (secondary N) is 1. The maximum atomic E-state index is 4.77. The van der Waals surface area contributed by atoms with Crippen LogP contribution in [0.5, 0.6) is 0 Å². The molecule has 2 aromatic rings. The minimum absolute atomic E-state index is 0.503. The lowest BCUT2D eigenvalue weighted by atomic mass is 9.99. The maximum absolute atomic E-state index is 4.77. The Kier molecular flexibility index (Phi) is 3.32. The number of fused-ring (bicyclic) bond motifs is 1. The highest BCUT2D eigenvalue weighted by molar-refractivity contribution is 5.85. The van der Waals surface area contributed by atoms with Crippen LogP contribution in [-0.4, -0.2) is 11.5 Å². The van der Waals surface area contributed by atoms with E-state index in [1.165, 1.54) is 16.5 Å². The standard InChI is InChI=1S/C15H20N2/c1-5-16-15-11(4)9-12-7-6-8-13(10(2)3)14(12)17-15/h6-10H,5H2,1-4H3,(H,16,17). The van der Waals surface area contributed by atoms with Crippen molar-refractivity contribution in [3.8, 4) is 0 Å². The van der Waals surface area contributed by atoms with Crippen molar-refractivity contribution in [3.05, 3.63) is 35.4 Å². The summed E-state index contributed by atoms with van der Waals surface area (Å²) in [5.41, 5.74) is 3.66. The maximum Gasteiger partial charge on any atom is 0.129 e. The topological polar surface area (TPSA) is 24.9 Å². The van der Waals surface area contributed by atoms with E-state index >= 15 is 0 Å². The van der Waals surface area contributed by atoms with E-state index in [2.05, 4.69) is 57.3 Å². The van der Waals surface area contributed by atoms with E-state index in [4.69, 9.17) is 4.98 Å². The second-order valence-corrected chi connectivity index (χ2v) is 4.76. The van der Waals surface area contributed by atoms with E-state index in [1.54, 1.807) is 0 Å². The molecule has 0 bridgehead atoms. The minimum atomic E-state index is 0.503. The molecule has 0 atom stereocenters. The highest BCUT2D eigenvalue weighted by atomic mass is 15.0. The molecule has 0 radical (unpaired) electrons. The predicted octanol–water partition coefficient (Wildman–Crippen LogP) is 4.10.